The van der Waals surface area contributed by atoms with E-state index in [-0.39, 0.29) is 0 Å². The van der Waals surface area contributed by atoms with Crippen LogP contribution in [0.4, 0.5) is 15.3 Å². The summed E-state index contributed by atoms with van der Waals surface area (Å²) in [4.78, 5) is 23.5. The van der Waals surface area contributed by atoms with Gasteiger partial charge in [-0.25, -0.2) is 9.59 Å². The molecule has 134 valence electrons. The Kier molecular flexibility index (Phi) is 6.63. The second-order valence-corrected chi connectivity index (χ2v) is 7.46. The molecule has 0 bridgehead atoms. The Morgan fingerprint density at radius 2 is 1.46 bits per heavy atom. The highest BCUT2D eigenvalue weighted by Crippen LogP contribution is 2.17. The van der Waals surface area contributed by atoms with E-state index in [4.69, 9.17) is 9.47 Å². The summed E-state index contributed by atoms with van der Waals surface area (Å²) in [6.45, 7) is 11.3. The molecular formula is C18H28N2O4. The smallest absolute Gasteiger partial charge is 0.412 e. The first kappa shape index (κ1) is 19.8. The molecule has 24 heavy (non-hydrogen) atoms. The Labute approximate surface area is 143 Å². The highest BCUT2D eigenvalue weighted by molar-refractivity contribution is 5.86. The van der Waals surface area contributed by atoms with E-state index in [2.05, 4.69) is 10.6 Å². The average Bonchev–Trinajstić information content (AvgIpc) is 2.36. The van der Waals surface area contributed by atoms with Crippen molar-refractivity contribution >= 4 is 17.9 Å². The molecule has 0 saturated carbocycles. The number of anilines is 1. The molecule has 0 aromatic heterocycles. The Bertz CT molecular complexity index is 571. The second-order valence-electron chi connectivity index (χ2n) is 7.46. The molecule has 0 saturated heterocycles. The first-order valence-electron chi connectivity index (χ1n) is 8.01. The zero-order valence-corrected chi connectivity index (χ0v) is 15.4. The Balaban J connectivity index is 2.58. The SMILES string of the molecule is CC(C)(C)OC(=O)NCCc1ccccc1NC(=O)OC(C)(C)C. The zero-order chi connectivity index (χ0) is 18.4. The minimum absolute atomic E-state index is 0.405. The molecule has 0 unspecified atom stereocenters. The summed E-state index contributed by atoms with van der Waals surface area (Å²) in [5.41, 5.74) is 0.481. The van der Waals surface area contributed by atoms with Gasteiger partial charge < -0.3 is 14.8 Å². The van der Waals surface area contributed by atoms with Gasteiger partial charge in [0.1, 0.15) is 11.2 Å². The zero-order valence-electron chi connectivity index (χ0n) is 15.4. The number of carbonyl (C=O) groups is 2. The van der Waals surface area contributed by atoms with Crippen LogP contribution >= 0.6 is 0 Å². The third-order valence-corrected chi connectivity index (χ3v) is 2.72. The fourth-order valence-electron chi connectivity index (χ4n) is 1.89. The lowest BCUT2D eigenvalue weighted by Gasteiger charge is -2.21. The van der Waals surface area contributed by atoms with Crippen LogP contribution in [0, 0.1) is 0 Å². The van der Waals surface area contributed by atoms with E-state index in [1.165, 1.54) is 0 Å². The van der Waals surface area contributed by atoms with E-state index in [9.17, 15) is 9.59 Å². The van der Waals surface area contributed by atoms with Gasteiger partial charge in [-0.05, 0) is 59.6 Å². The number of hydrogen-bond donors (Lipinski definition) is 2. The monoisotopic (exact) mass is 336 g/mol. The number of amides is 2. The Hall–Kier alpha value is -2.24. The molecule has 0 aliphatic heterocycles. The van der Waals surface area contributed by atoms with Gasteiger partial charge in [-0.2, -0.15) is 0 Å². The number of carbonyl (C=O) groups excluding carboxylic acids is 2. The highest BCUT2D eigenvalue weighted by Gasteiger charge is 2.18. The van der Waals surface area contributed by atoms with Crippen LogP contribution in [0.1, 0.15) is 47.1 Å². The van der Waals surface area contributed by atoms with E-state index in [0.717, 1.165) is 5.56 Å². The number of rotatable bonds is 4. The predicted molar refractivity (Wildman–Crippen MR) is 94.2 cm³/mol. The van der Waals surface area contributed by atoms with Crippen molar-refractivity contribution in [2.75, 3.05) is 11.9 Å². The molecule has 1 aromatic carbocycles. The van der Waals surface area contributed by atoms with Crippen LogP contribution in [-0.4, -0.2) is 29.9 Å². The summed E-state index contributed by atoms with van der Waals surface area (Å²) in [6.07, 6.45) is -0.402. The van der Waals surface area contributed by atoms with Crippen molar-refractivity contribution in [1.29, 1.82) is 0 Å². The molecule has 0 atom stereocenters. The minimum atomic E-state index is -0.558. The van der Waals surface area contributed by atoms with Crippen molar-refractivity contribution < 1.29 is 19.1 Å². The summed E-state index contributed by atoms with van der Waals surface area (Å²) >= 11 is 0. The minimum Gasteiger partial charge on any atom is -0.444 e. The number of hydrogen-bond acceptors (Lipinski definition) is 4. The summed E-state index contributed by atoms with van der Waals surface area (Å²) in [5, 5.41) is 5.44. The van der Waals surface area contributed by atoms with Gasteiger partial charge in [-0.15, -0.1) is 0 Å². The van der Waals surface area contributed by atoms with Crippen molar-refractivity contribution in [2.24, 2.45) is 0 Å². The summed E-state index contributed by atoms with van der Waals surface area (Å²) < 4.78 is 10.4. The number of alkyl carbamates (subject to hydrolysis) is 1. The molecule has 2 amide bonds. The summed E-state index contributed by atoms with van der Waals surface area (Å²) in [5.74, 6) is 0. The van der Waals surface area contributed by atoms with E-state index in [1.54, 1.807) is 6.07 Å². The lowest BCUT2D eigenvalue weighted by Crippen LogP contribution is -2.33. The second kappa shape index (κ2) is 8.04. The molecule has 0 radical (unpaired) electrons. The van der Waals surface area contributed by atoms with Crippen LogP contribution in [0.5, 0.6) is 0 Å². The molecule has 0 aliphatic rings. The van der Waals surface area contributed by atoms with Crippen molar-refractivity contribution in [2.45, 2.75) is 59.2 Å². The molecule has 0 fully saturated rings. The first-order chi connectivity index (χ1) is 11.0. The first-order valence-corrected chi connectivity index (χ1v) is 8.01. The maximum atomic E-state index is 11.9. The van der Waals surface area contributed by atoms with Gasteiger partial charge in [0, 0.05) is 12.2 Å². The third-order valence-electron chi connectivity index (χ3n) is 2.72. The van der Waals surface area contributed by atoms with Crippen molar-refractivity contribution in [3.63, 3.8) is 0 Å². The van der Waals surface area contributed by atoms with E-state index < -0.39 is 23.4 Å². The van der Waals surface area contributed by atoms with Crippen LogP contribution in [0.2, 0.25) is 0 Å². The quantitative estimate of drug-likeness (QED) is 0.868. The lowest BCUT2D eigenvalue weighted by molar-refractivity contribution is 0.0527. The number of benzene rings is 1. The summed E-state index contributed by atoms with van der Waals surface area (Å²) in [7, 11) is 0. The van der Waals surface area contributed by atoms with E-state index in [1.807, 2.05) is 59.7 Å². The maximum Gasteiger partial charge on any atom is 0.412 e. The van der Waals surface area contributed by atoms with E-state index in [0.29, 0.717) is 18.7 Å². The van der Waals surface area contributed by atoms with Crippen LogP contribution in [0.15, 0.2) is 24.3 Å². The fraction of sp³-hybridized carbons (Fsp3) is 0.556. The van der Waals surface area contributed by atoms with Gasteiger partial charge in [-0.3, -0.25) is 5.32 Å². The molecular weight excluding hydrogens is 308 g/mol. The van der Waals surface area contributed by atoms with Crippen LogP contribution in [-0.2, 0) is 15.9 Å². The molecule has 1 aromatic rings. The standard InChI is InChI=1S/C18H28N2O4/c1-17(2,3)23-15(21)19-12-11-13-9-7-8-10-14(13)20-16(22)24-18(4,5)6/h7-10H,11-12H2,1-6H3,(H,19,21)(H,20,22). The molecule has 0 heterocycles. The van der Waals surface area contributed by atoms with Crippen LogP contribution < -0.4 is 10.6 Å². The number of nitrogens with one attached hydrogen (secondary N) is 2. The molecule has 6 heteroatoms. The highest BCUT2D eigenvalue weighted by atomic mass is 16.6. The number of para-hydroxylation sites is 1. The van der Waals surface area contributed by atoms with Gasteiger partial charge in [0.25, 0.3) is 0 Å². The van der Waals surface area contributed by atoms with Crippen LogP contribution in [0.25, 0.3) is 0 Å². The van der Waals surface area contributed by atoms with Gasteiger partial charge in [0.2, 0.25) is 0 Å². The van der Waals surface area contributed by atoms with Crippen LogP contribution in [0.3, 0.4) is 0 Å². The predicted octanol–water partition coefficient (Wildman–Crippen LogP) is 4.10. The van der Waals surface area contributed by atoms with Gasteiger partial charge in [0.15, 0.2) is 0 Å². The molecule has 1 rings (SSSR count). The Morgan fingerprint density at radius 3 is 2.04 bits per heavy atom. The largest absolute Gasteiger partial charge is 0.444 e. The Morgan fingerprint density at radius 1 is 0.917 bits per heavy atom. The van der Waals surface area contributed by atoms with Gasteiger partial charge in [0.05, 0.1) is 0 Å². The third kappa shape index (κ3) is 8.41. The normalized spacial score (nSPS) is 11.6. The average molecular weight is 336 g/mol. The van der Waals surface area contributed by atoms with Crippen molar-refractivity contribution in [3.05, 3.63) is 29.8 Å². The van der Waals surface area contributed by atoms with Crippen molar-refractivity contribution in [1.82, 2.24) is 5.32 Å². The lowest BCUT2D eigenvalue weighted by atomic mass is 10.1. The fourth-order valence-corrected chi connectivity index (χ4v) is 1.89. The maximum absolute atomic E-state index is 11.9. The summed E-state index contributed by atoms with van der Waals surface area (Å²) in [6, 6.07) is 7.40. The molecule has 2 N–H and O–H groups in total. The molecule has 0 aliphatic carbocycles. The number of ether oxygens (including phenoxy) is 2. The van der Waals surface area contributed by atoms with Gasteiger partial charge in [-0.1, -0.05) is 18.2 Å². The van der Waals surface area contributed by atoms with Crippen molar-refractivity contribution in [3.8, 4) is 0 Å². The molecule has 0 spiro atoms. The topological polar surface area (TPSA) is 76.7 Å². The van der Waals surface area contributed by atoms with Gasteiger partial charge >= 0.3 is 12.2 Å². The van der Waals surface area contributed by atoms with E-state index >= 15 is 0 Å². The molecule has 6 nitrogen and oxygen atoms in total.